The number of aliphatic hydroxyl groups is 1. The minimum atomic E-state index is -0.752. The summed E-state index contributed by atoms with van der Waals surface area (Å²) in [5.74, 6) is 0. The SMILES string of the molecule is C[C@@H]1OC[C@@H](O)[C@H](/C=[N+](/C)[O-])O1. The second-order valence-electron chi connectivity index (χ2n) is 2.76. The molecule has 0 radical (unpaired) electrons. The van der Waals surface area contributed by atoms with Crippen molar-refractivity contribution in [3.8, 4) is 0 Å². The van der Waals surface area contributed by atoms with E-state index >= 15 is 0 Å². The monoisotopic (exact) mass is 175 g/mol. The summed E-state index contributed by atoms with van der Waals surface area (Å²) in [4.78, 5) is 0. The Kier molecular flexibility index (Phi) is 3.02. The van der Waals surface area contributed by atoms with Crippen molar-refractivity contribution in [2.75, 3.05) is 13.7 Å². The fourth-order valence-electron chi connectivity index (χ4n) is 1.02. The quantitative estimate of drug-likeness (QED) is 0.248. The van der Waals surface area contributed by atoms with Crippen LogP contribution in [0.25, 0.3) is 0 Å². The maximum Gasteiger partial charge on any atom is 0.182 e. The minimum absolute atomic E-state index is 0.205. The molecule has 5 heteroatoms. The molecule has 0 unspecified atom stereocenters. The van der Waals surface area contributed by atoms with Crippen LogP contribution >= 0.6 is 0 Å². The molecular weight excluding hydrogens is 162 g/mol. The molecule has 0 bridgehead atoms. The van der Waals surface area contributed by atoms with E-state index in [0.717, 1.165) is 0 Å². The Morgan fingerprint density at radius 2 is 2.33 bits per heavy atom. The summed E-state index contributed by atoms with van der Waals surface area (Å²) >= 11 is 0. The van der Waals surface area contributed by atoms with Gasteiger partial charge in [0.2, 0.25) is 0 Å². The van der Waals surface area contributed by atoms with Crippen molar-refractivity contribution < 1.29 is 19.3 Å². The molecule has 0 aliphatic carbocycles. The van der Waals surface area contributed by atoms with Crippen LogP contribution in [-0.4, -0.2) is 48.2 Å². The molecule has 12 heavy (non-hydrogen) atoms. The van der Waals surface area contributed by atoms with Crippen molar-refractivity contribution in [1.29, 1.82) is 0 Å². The van der Waals surface area contributed by atoms with E-state index in [9.17, 15) is 10.3 Å². The third-order valence-electron chi connectivity index (χ3n) is 1.59. The van der Waals surface area contributed by atoms with Crippen LogP contribution in [0.4, 0.5) is 0 Å². The lowest BCUT2D eigenvalue weighted by Gasteiger charge is -2.28. The number of hydroxylamine groups is 1. The molecule has 0 amide bonds. The van der Waals surface area contributed by atoms with Gasteiger partial charge >= 0.3 is 0 Å². The molecule has 0 aromatic heterocycles. The van der Waals surface area contributed by atoms with E-state index in [1.165, 1.54) is 13.3 Å². The molecule has 1 aliphatic rings. The van der Waals surface area contributed by atoms with E-state index < -0.39 is 12.2 Å². The third kappa shape index (κ3) is 2.44. The molecule has 1 saturated heterocycles. The van der Waals surface area contributed by atoms with Gasteiger partial charge in [-0.05, 0) is 6.92 Å². The molecule has 1 rings (SSSR count). The second-order valence-corrected chi connectivity index (χ2v) is 2.76. The Balaban J connectivity index is 2.55. The number of nitrogens with zero attached hydrogens (tertiary/aromatic N) is 1. The van der Waals surface area contributed by atoms with Crippen molar-refractivity contribution in [2.24, 2.45) is 0 Å². The maximum atomic E-state index is 10.6. The predicted molar refractivity (Wildman–Crippen MR) is 41.9 cm³/mol. The Bertz CT molecular complexity index is 178. The van der Waals surface area contributed by atoms with Crippen molar-refractivity contribution in [1.82, 2.24) is 0 Å². The number of hydrogen-bond donors (Lipinski definition) is 1. The lowest BCUT2D eigenvalue weighted by molar-refractivity contribution is -0.423. The van der Waals surface area contributed by atoms with E-state index in [0.29, 0.717) is 4.74 Å². The summed E-state index contributed by atoms with van der Waals surface area (Å²) in [6.07, 6.45) is -0.396. The van der Waals surface area contributed by atoms with E-state index in [2.05, 4.69) is 0 Å². The van der Waals surface area contributed by atoms with Gasteiger partial charge in [-0.1, -0.05) is 0 Å². The highest BCUT2D eigenvalue weighted by atomic mass is 16.7. The first-order chi connectivity index (χ1) is 5.59. The second kappa shape index (κ2) is 3.84. The fourth-order valence-corrected chi connectivity index (χ4v) is 1.02. The van der Waals surface area contributed by atoms with Gasteiger partial charge in [-0.25, -0.2) is 4.74 Å². The summed E-state index contributed by atoms with van der Waals surface area (Å²) in [5, 5.41) is 19.9. The van der Waals surface area contributed by atoms with Gasteiger partial charge in [0.15, 0.2) is 18.6 Å². The normalized spacial score (nSPS) is 38.2. The van der Waals surface area contributed by atoms with Gasteiger partial charge in [-0.2, -0.15) is 0 Å². The summed E-state index contributed by atoms with van der Waals surface area (Å²) in [6, 6.07) is 0. The van der Waals surface area contributed by atoms with Gasteiger partial charge in [-0.15, -0.1) is 0 Å². The predicted octanol–water partition coefficient (Wildman–Crippen LogP) is -0.680. The molecule has 0 aromatic carbocycles. The number of rotatable bonds is 1. The fraction of sp³-hybridized carbons (Fsp3) is 0.857. The van der Waals surface area contributed by atoms with Crippen molar-refractivity contribution in [3.05, 3.63) is 5.21 Å². The molecule has 1 heterocycles. The average Bonchev–Trinajstić information content (AvgIpc) is 1.96. The van der Waals surface area contributed by atoms with Crippen LogP contribution in [0.2, 0.25) is 0 Å². The molecule has 1 aliphatic heterocycles. The number of aliphatic hydroxyl groups excluding tert-OH is 1. The smallest absolute Gasteiger partial charge is 0.182 e. The van der Waals surface area contributed by atoms with Crippen LogP contribution in [-0.2, 0) is 9.47 Å². The van der Waals surface area contributed by atoms with Crippen LogP contribution in [0.15, 0.2) is 0 Å². The van der Waals surface area contributed by atoms with Gasteiger partial charge in [-0.3, -0.25) is 0 Å². The molecule has 5 nitrogen and oxygen atoms in total. The molecule has 0 saturated carbocycles. The van der Waals surface area contributed by atoms with Crippen molar-refractivity contribution in [3.63, 3.8) is 0 Å². The van der Waals surface area contributed by atoms with E-state index in [-0.39, 0.29) is 12.9 Å². The summed E-state index contributed by atoms with van der Waals surface area (Å²) in [6.45, 7) is 1.92. The largest absolute Gasteiger partial charge is 0.624 e. The lowest BCUT2D eigenvalue weighted by atomic mass is 10.2. The minimum Gasteiger partial charge on any atom is -0.624 e. The molecule has 1 N–H and O–H groups in total. The zero-order chi connectivity index (χ0) is 9.14. The highest BCUT2D eigenvalue weighted by molar-refractivity contribution is 5.58. The number of hydrogen-bond acceptors (Lipinski definition) is 4. The Hall–Kier alpha value is -0.650. The molecule has 0 aromatic rings. The molecule has 3 atom stereocenters. The molecule has 0 spiro atoms. The summed E-state index contributed by atoms with van der Waals surface area (Å²) < 4.78 is 10.7. The number of ether oxygens (including phenoxy) is 2. The third-order valence-corrected chi connectivity index (χ3v) is 1.59. The molecule has 1 fully saturated rings. The van der Waals surface area contributed by atoms with E-state index in [4.69, 9.17) is 9.47 Å². The first-order valence-electron chi connectivity index (χ1n) is 3.79. The summed E-state index contributed by atoms with van der Waals surface area (Å²) in [5.41, 5.74) is 0. The molecular formula is C7H13NO4. The Morgan fingerprint density at radius 1 is 1.67 bits per heavy atom. The van der Waals surface area contributed by atoms with Crippen molar-refractivity contribution >= 4 is 6.21 Å². The highest BCUT2D eigenvalue weighted by Gasteiger charge is 2.29. The Labute approximate surface area is 70.8 Å². The molecule has 70 valence electrons. The Morgan fingerprint density at radius 3 is 2.92 bits per heavy atom. The van der Waals surface area contributed by atoms with Gasteiger partial charge in [0.25, 0.3) is 0 Å². The van der Waals surface area contributed by atoms with Crippen LogP contribution in [0.5, 0.6) is 0 Å². The van der Waals surface area contributed by atoms with Gasteiger partial charge < -0.3 is 19.8 Å². The van der Waals surface area contributed by atoms with Gasteiger partial charge in [0, 0.05) is 0 Å². The lowest BCUT2D eigenvalue weighted by Crippen LogP contribution is -2.44. The highest BCUT2D eigenvalue weighted by Crippen LogP contribution is 2.10. The standard InChI is InChI=1S/C7H13NO4/c1-5-11-4-6(9)7(12-5)3-8(2)10/h3,5-7,9H,4H2,1-2H3/b8-3-/t5-,6-,7+/m1/s1. The van der Waals surface area contributed by atoms with Gasteiger partial charge in [0.05, 0.1) is 6.61 Å². The van der Waals surface area contributed by atoms with Crippen LogP contribution in [0.3, 0.4) is 0 Å². The van der Waals surface area contributed by atoms with E-state index in [1.807, 2.05) is 0 Å². The van der Waals surface area contributed by atoms with Crippen LogP contribution in [0.1, 0.15) is 6.92 Å². The average molecular weight is 175 g/mol. The first-order valence-corrected chi connectivity index (χ1v) is 3.79. The topological polar surface area (TPSA) is 64.8 Å². The zero-order valence-corrected chi connectivity index (χ0v) is 7.14. The zero-order valence-electron chi connectivity index (χ0n) is 7.14. The van der Waals surface area contributed by atoms with Gasteiger partial charge in [0.1, 0.15) is 13.2 Å². The van der Waals surface area contributed by atoms with Crippen LogP contribution in [0, 0.1) is 5.21 Å². The maximum absolute atomic E-state index is 10.6. The van der Waals surface area contributed by atoms with Crippen LogP contribution < -0.4 is 0 Å². The van der Waals surface area contributed by atoms with Crippen molar-refractivity contribution in [2.45, 2.75) is 25.4 Å². The summed E-state index contributed by atoms with van der Waals surface area (Å²) in [7, 11) is 1.34. The first kappa shape index (κ1) is 9.44. The van der Waals surface area contributed by atoms with E-state index in [1.54, 1.807) is 6.92 Å².